The van der Waals surface area contributed by atoms with Crippen LogP contribution in [0.25, 0.3) is 0 Å². The van der Waals surface area contributed by atoms with Gasteiger partial charge in [0.1, 0.15) is 5.75 Å². The van der Waals surface area contributed by atoms with Crippen molar-refractivity contribution in [2.24, 2.45) is 10.9 Å². The summed E-state index contributed by atoms with van der Waals surface area (Å²) in [4.78, 5) is 11.8. The Bertz CT molecular complexity index is 446. The van der Waals surface area contributed by atoms with Crippen LogP contribution in [0.1, 0.15) is 12.5 Å². The molecule has 1 unspecified atom stereocenters. The molecule has 0 aliphatic rings. The molecule has 0 fully saturated rings. The molecule has 18 heavy (non-hydrogen) atoms. The third-order valence-electron chi connectivity index (χ3n) is 2.48. The molecule has 0 aromatic heterocycles. The second-order valence-electron chi connectivity index (χ2n) is 3.80. The van der Waals surface area contributed by atoms with Gasteiger partial charge in [-0.2, -0.15) is 0 Å². The number of carbonyl (C=O) groups is 1. The summed E-state index contributed by atoms with van der Waals surface area (Å²) in [5, 5.41) is 13.9. The van der Waals surface area contributed by atoms with Crippen molar-refractivity contribution in [2.75, 3.05) is 7.11 Å². The summed E-state index contributed by atoms with van der Waals surface area (Å²) in [5.74, 6) is 0.395. The lowest BCUT2D eigenvalue weighted by molar-refractivity contribution is -0.120. The SMILES string of the molecule is COc1ccccc1CC(=O)NC(C)/C(N)=N/O. The standard InChI is InChI=1S/C12H17N3O3/c1-8(12(13)15-17)14-11(16)7-9-5-3-4-6-10(9)18-2/h3-6,8,17H,7H2,1-2H3,(H2,13,15)(H,14,16). The predicted octanol–water partition coefficient (Wildman–Crippen LogP) is 0.489. The topological polar surface area (TPSA) is 96.9 Å². The molecule has 6 heteroatoms. The van der Waals surface area contributed by atoms with Gasteiger partial charge in [0.25, 0.3) is 0 Å². The van der Waals surface area contributed by atoms with Crippen molar-refractivity contribution in [1.29, 1.82) is 0 Å². The minimum atomic E-state index is -0.516. The van der Waals surface area contributed by atoms with Crippen LogP contribution in [-0.4, -0.2) is 30.1 Å². The van der Waals surface area contributed by atoms with Gasteiger partial charge in [-0.15, -0.1) is 0 Å². The molecule has 0 saturated carbocycles. The number of nitrogens with two attached hydrogens (primary N) is 1. The van der Waals surface area contributed by atoms with Crippen LogP contribution in [0.15, 0.2) is 29.4 Å². The summed E-state index contributed by atoms with van der Waals surface area (Å²) in [6.45, 7) is 1.63. The highest BCUT2D eigenvalue weighted by molar-refractivity contribution is 5.90. The summed E-state index contributed by atoms with van der Waals surface area (Å²) >= 11 is 0. The summed E-state index contributed by atoms with van der Waals surface area (Å²) in [6.07, 6.45) is 0.174. The number of amides is 1. The smallest absolute Gasteiger partial charge is 0.225 e. The van der Waals surface area contributed by atoms with Gasteiger partial charge in [-0.05, 0) is 13.0 Å². The average Bonchev–Trinajstić information content (AvgIpc) is 2.38. The second kappa shape index (κ2) is 6.48. The van der Waals surface area contributed by atoms with Gasteiger partial charge in [-0.25, -0.2) is 0 Å². The van der Waals surface area contributed by atoms with Crippen molar-refractivity contribution in [3.05, 3.63) is 29.8 Å². The van der Waals surface area contributed by atoms with E-state index >= 15 is 0 Å². The van der Waals surface area contributed by atoms with E-state index in [1.54, 1.807) is 20.1 Å². The number of para-hydroxylation sites is 1. The Kier molecular flexibility index (Phi) is 4.98. The lowest BCUT2D eigenvalue weighted by Crippen LogP contribution is -2.43. The van der Waals surface area contributed by atoms with Crippen molar-refractivity contribution in [2.45, 2.75) is 19.4 Å². The van der Waals surface area contributed by atoms with Crippen LogP contribution in [0.5, 0.6) is 5.75 Å². The number of ether oxygens (including phenoxy) is 1. The van der Waals surface area contributed by atoms with Crippen LogP contribution >= 0.6 is 0 Å². The number of rotatable bonds is 5. The zero-order valence-electron chi connectivity index (χ0n) is 10.4. The predicted molar refractivity (Wildman–Crippen MR) is 67.7 cm³/mol. The quantitative estimate of drug-likeness (QED) is 0.307. The van der Waals surface area contributed by atoms with Crippen LogP contribution < -0.4 is 15.8 Å². The monoisotopic (exact) mass is 251 g/mol. The Morgan fingerprint density at radius 1 is 1.56 bits per heavy atom. The van der Waals surface area contributed by atoms with E-state index in [1.807, 2.05) is 18.2 Å². The summed E-state index contributed by atoms with van der Waals surface area (Å²) in [6, 6.07) is 6.75. The van der Waals surface area contributed by atoms with Crippen molar-refractivity contribution in [1.82, 2.24) is 5.32 Å². The lowest BCUT2D eigenvalue weighted by Gasteiger charge is -2.13. The molecule has 0 aliphatic heterocycles. The Labute approximate surface area is 105 Å². The molecule has 0 bridgehead atoms. The van der Waals surface area contributed by atoms with Crippen LogP contribution in [0.4, 0.5) is 0 Å². The van der Waals surface area contributed by atoms with Gasteiger partial charge >= 0.3 is 0 Å². The molecule has 0 spiro atoms. The summed E-state index contributed by atoms with van der Waals surface area (Å²) in [5.41, 5.74) is 6.16. The molecule has 1 rings (SSSR count). The molecule has 6 nitrogen and oxygen atoms in total. The van der Waals surface area contributed by atoms with E-state index in [4.69, 9.17) is 15.7 Å². The number of methoxy groups -OCH3 is 1. The van der Waals surface area contributed by atoms with Crippen molar-refractivity contribution in [3.8, 4) is 5.75 Å². The van der Waals surface area contributed by atoms with Gasteiger partial charge in [0.15, 0.2) is 5.84 Å². The second-order valence-corrected chi connectivity index (χ2v) is 3.80. The molecule has 0 heterocycles. The molecule has 0 radical (unpaired) electrons. The van der Waals surface area contributed by atoms with Crippen molar-refractivity contribution < 1.29 is 14.7 Å². The third kappa shape index (κ3) is 3.65. The van der Waals surface area contributed by atoms with E-state index < -0.39 is 6.04 Å². The fourth-order valence-corrected chi connectivity index (χ4v) is 1.48. The van der Waals surface area contributed by atoms with Gasteiger partial charge in [-0.3, -0.25) is 4.79 Å². The van der Waals surface area contributed by atoms with E-state index in [9.17, 15) is 4.79 Å². The summed E-state index contributed by atoms with van der Waals surface area (Å²) < 4.78 is 5.15. The molecule has 98 valence electrons. The number of amidine groups is 1. The Balaban J connectivity index is 2.65. The van der Waals surface area contributed by atoms with Crippen molar-refractivity contribution in [3.63, 3.8) is 0 Å². The third-order valence-corrected chi connectivity index (χ3v) is 2.48. The zero-order valence-corrected chi connectivity index (χ0v) is 10.4. The Morgan fingerprint density at radius 2 is 2.22 bits per heavy atom. The van der Waals surface area contributed by atoms with Gasteiger partial charge < -0.3 is 21.0 Å². The highest BCUT2D eigenvalue weighted by Crippen LogP contribution is 2.17. The number of nitrogens with zero attached hydrogens (tertiary/aromatic N) is 1. The normalized spacial score (nSPS) is 12.9. The van der Waals surface area contributed by atoms with Crippen molar-refractivity contribution >= 4 is 11.7 Å². The largest absolute Gasteiger partial charge is 0.496 e. The summed E-state index contributed by atoms with van der Waals surface area (Å²) in [7, 11) is 1.55. The minimum absolute atomic E-state index is 0.0385. The number of benzene rings is 1. The zero-order chi connectivity index (χ0) is 13.5. The molecule has 1 amide bonds. The molecule has 4 N–H and O–H groups in total. The molecular formula is C12H17N3O3. The number of hydrogen-bond acceptors (Lipinski definition) is 4. The highest BCUT2D eigenvalue weighted by atomic mass is 16.5. The first-order valence-corrected chi connectivity index (χ1v) is 5.47. The Hall–Kier alpha value is -2.24. The highest BCUT2D eigenvalue weighted by Gasteiger charge is 2.13. The average molecular weight is 251 g/mol. The molecule has 0 aliphatic carbocycles. The van der Waals surface area contributed by atoms with Gasteiger partial charge in [0, 0.05) is 5.56 Å². The first kappa shape index (κ1) is 13.8. The van der Waals surface area contributed by atoms with Crippen LogP contribution in [0, 0.1) is 0 Å². The molecule has 1 aromatic rings. The lowest BCUT2D eigenvalue weighted by atomic mass is 10.1. The maximum Gasteiger partial charge on any atom is 0.225 e. The minimum Gasteiger partial charge on any atom is -0.496 e. The molecular weight excluding hydrogens is 234 g/mol. The fraction of sp³-hybridized carbons (Fsp3) is 0.333. The number of carbonyl (C=O) groups excluding carboxylic acids is 1. The number of hydrogen-bond donors (Lipinski definition) is 3. The first-order valence-electron chi connectivity index (χ1n) is 5.47. The first-order chi connectivity index (χ1) is 8.58. The van der Waals surface area contributed by atoms with E-state index in [2.05, 4.69) is 10.5 Å². The van der Waals surface area contributed by atoms with E-state index in [0.29, 0.717) is 5.75 Å². The number of oxime groups is 1. The van der Waals surface area contributed by atoms with E-state index in [1.165, 1.54) is 0 Å². The van der Waals surface area contributed by atoms with Gasteiger partial charge in [0.05, 0.1) is 19.6 Å². The van der Waals surface area contributed by atoms with Gasteiger partial charge in [-0.1, -0.05) is 23.4 Å². The van der Waals surface area contributed by atoms with Gasteiger partial charge in [0.2, 0.25) is 5.91 Å². The molecule has 0 saturated heterocycles. The van der Waals surface area contributed by atoms with Crippen LogP contribution in [0.2, 0.25) is 0 Å². The molecule has 1 atom stereocenters. The van der Waals surface area contributed by atoms with E-state index in [0.717, 1.165) is 5.56 Å². The Morgan fingerprint density at radius 3 is 2.83 bits per heavy atom. The number of nitrogens with one attached hydrogen (secondary N) is 1. The maximum absolute atomic E-state index is 11.8. The van der Waals surface area contributed by atoms with Crippen LogP contribution in [-0.2, 0) is 11.2 Å². The molecule has 1 aromatic carbocycles. The fourth-order valence-electron chi connectivity index (χ4n) is 1.48. The van der Waals surface area contributed by atoms with Crippen LogP contribution in [0.3, 0.4) is 0 Å². The maximum atomic E-state index is 11.8. The van der Waals surface area contributed by atoms with E-state index in [-0.39, 0.29) is 18.2 Å².